The maximum atomic E-state index is 13.2. The molecule has 176 valence electrons. The van der Waals surface area contributed by atoms with Crippen LogP contribution in [0.25, 0.3) is 10.9 Å². The number of carbonyl (C=O) groups excluding carboxylic acids is 2. The summed E-state index contributed by atoms with van der Waals surface area (Å²) in [6.07, 6.45) is 2.02. The molecule has 1 saturated carbocycles. The van der Waals surface area contributed by atoms with Gasteiger partial charge in [0.2, 0.25) is 5.91 Å². The summed E-state index contributed by atoms with van der Waals surface area (Å²) >= 11 is 1.21. The van der Waals surface area contributed by atoms with Gasteiger partial charge in [0.05, 0.1) is 23.2 Å². The van der Waals surface area contributed by atoms with E-state index in [2.05, 4.69) is 15.6 Å². The molecule has 0 aliphatic heterocycles. The number of hydrogen-bond donors (Lipinski definition) is 2. The third kappa shape index (κ3) is 5.60. The minimum Gasteiger partial charge on any atom is -0.349 e. The molecular formula is C27H24N4O3S. The highest BCUT2D eigenvalue weighted by molar-refractivity contribution is 7.99. The van der Waals surface area contributed by atoms with Crippen molar-refractivity contribution in [2.45, 2.75) is 30.6 Å². The lowest BCUT2D eigenvalue weighted by Crippen LogP contribution is -2.25. The van der Waals surface area contributed by atoms with E-state index in [0.29, 0.717) is 33.9 Å². The second-order valence-electron chi connectivity index (χ2n) is 8.45. The van der Waals surface area contributed by atoms with Crippen molar-refractivity contribution in [3.8, 4) is 0 Å². The SMILES string of the molecule is O=C(CSc1nc2ccccc2c(=O)n1Cc1ccccc1)Nc1cccc(C(=O)NC2CC2)c1. The van der Waals surface area contributed by atoms with Crippen LogP contribution in [0, 0.1) is 0 Å². The Morgan fingerprint density at radius 1 is 0.971 bits per heavy atom. The minimum absolute atomic E-state index is 0.0675. The molecule has 8 heteroatoms. The molecule has 1 aliphatic rings. The van der Waals surface area contributed by atoms with E-state index in [9.17, 15) is 14.4 Å². The maximum Gasteiger partial charge on any atom is 0.262 e. The summed E-state index contributed by atoms with van der Waals surface area (Å²) in [6.45, 7) is 0.361. The zero-order valence-corrected chi connectivity index (χ0v) is 19.8. The highest BCUT2D eigenvalue weighted by Gasteiger charge is 2.24. The molecule has 1 aromatic heterocycles. The van der Waals surface area contributed by atoms with Crippen molar-refractivity contribution >= 4 is 40.2 Å². The van der Waals surface area contributed by atoms with Crippen molar-refractivity contribution in [1.29, 1.82) is 0 Å². The Morgan fingerprint density at radius 2 is 1.74 bits per heavy atom. The largest absolute Gasteiger partial charge is 0.349 e. The Labute approximate surface area is 206 Å². The fraction of sp³-hybridized carbons (Fsp3) is 0.185. The molecule has 0 bridgehead atoms. The molecule has 0 spiro atoms. The quantitative estimate of drug-likeness (QED) is 0.291. The number of carbonyl (C=O) groups is 2. The van der Waals surface area contributed by atoms with E-state index >= 15 is 0 Å². The first-order valence-corrected chi connectivity index (χ1v) is 12.4. The molecule has 3 aromatic carbocycles. The van der Waals surface area contributed by atoms with Gasteiger partial charge in [0.1, 0.15) is 0 Å². The second-order valence-corrected chi connectivity index (χ2v) is 9.40. The van der Waals surface area contributed by atoms with Gasteiger partial charge >= 0.3 is 0 Å². The van der Waals surface area contributed by atoms with Crippen LogP contribution in [0.2, 0.25) is 0 Å². The molecule has 35 heavy (non-hydrogen) atoms. The summed E-state index contributed by atoms with van der Waals surface area (Å²) in [6, 6.07) is 24.0. The normalized spacial score (nSPS) is 12.9. The number of benzene rings is 3. The summed E-state index contributed by atoms with van der Waals surface area (Å²) in [7, 11) is 0. The Kier molecular flexibility index (Phi) is 6.63. The minimum atomic E-state index is -0.247. The number of fused-ring (bicyclic) bond motifs is 1. The highest BCUT2D eigenvalue weighted by atomic mass is 32.2. The van der Waals surface area contributed by atoms with Gasteiger partial charge in [0.25, 0.3) is 11.5 Å². The van der Waals surface area contributed by atoms with Crippen molar-refractivity contribution in [2.24, 2.45) is 0 Å². The van der Waals surface area contributed by atoms with Crippen molar-refractivity contribution in [3.63, 3.8) is 0 Å². The molecule has 4 aromatic rings. The van der Waals surface area contributed by atoms with E-state index in [0.717, 1.165) is 18.4 Å². The first-order valence-electron chi connectivity index (χ1n) is 11.4. The molecule has 1 fully saturated rings. The molecule has 5 rings (SSSR count). The predicted octanol–water partition coefficient (Wildman–Crippen LogP) is 4.07. The van der Waals surface area contributed by atoms with Crippen LogP contribution in [-0.2, 0) is 11.3 Å². The lowest BCUT2D eigenvalue weighted by atomic mass is 10.2. The van der Waals surface area contributed by atoms with E-state index in [1.807, 2.05) is 42.5 Å². The van der Waals surface area contributed by atoms with Crippen molar-refractivity contribution in [1.82, 2.24) is 14.9 Å². The predicted molar refractivity (Wildman–Crippen MR) is 138 cm³/mol. The second kappa shape index (κ2) is 10.1. The molecule has 1 aliphatic carbocycles. The van der Waals surface area contributed by atoms with E-state index in [1.165, 1.54) is 11.8 Å². The molecule has 0 atom stereocenters. The number of anilines is 1. The van der Waals surface area contributed by atoms with Gasteiger partial charge in [-0.3, -0.25) is 19.0 Å². The highest BCUT2D eigenvalue weighted by Crippen LogP contribution is 2.21. The Bertz CT molecular complexity index is 1450. The first-order chi connectivity index (χ1) is 17.1. The van der Waals surface area contributed by atoms with Gasteiger partial charge in [-0.05, 0) is 48.7 Å². The topological polar surface area (TPSA) is 93.1 Å². The number of thioether (sulfide) groups is 1. The van der Waals surface area contributed by atoms with Gasteiger partial charge < -0.3 is 10.6 Å². The third-order valence-electron chi connectivity index (χ3n) is 5.66. The molecule has 1 heterocycles. The van der Waals surface area contributed by atoms with Gasteiger partial charge in [0.15, 0.2) is 5.16 Å². The molecule has 7 nitrogen and oxygen atoms in total. The molecule has 0 unspecified atom stereocenters. The van der Waals surface area contributed by atoms with E-state index in [1.54, 1.807) is 41.0 Å². The number of nitrogens with one attached hydrogen (secondary N) is 2. The summed E-state index contributed by atoms with van der Waals surface area (Å²) in [5.74, 6) is -0.315. The van der Waals surface area contributed by atoms with Gasteiger partial charge in [0, 0.05) is 17.3 Å². The summed E-state index contributed by atoms with van der Waals surface area (Å²) < 4.78 is 1.61. The standard InChI is InChI=1S/C27H24N4O3S/c32-24(28-21-10-6-9-19(15-21)25(33)29-20-13-14-20)17-35-27-30-23-12-5-4-11-22(23)26(34)31(27)16-18-7-2-1-3-8-18/h1-12,15,20H,13-14,16-17H2,(H,28,32)(H,29,33). The van der Waals surface area contributed by atoms with Crippen molar-refractivity contribution in [2.75, 3.05) is 11.1 Å². The average Bonchev–Trinajstić information content (AvgIpc) is 3.69. The smallest absolute Gasteiger partial charge is 0.262 e. The molecule has 0 radical (unpaired) electrons. The average molecular weight is 485 g/mol. The molecule has 0 saturated heterocycles. The summed E-state index contributed by atoms with van der Waals surface area (Å²) in [4.78, 5) is 42.9. The van der Waals surface area contributed by atoms with Crippen LogP contribution >= 0.6 is 11.8 Å². The number of para-hydroxylation sites is 1. The number of rotatable bonds is 8. The lowest BCUT2D eigenvalue weighted by molar-refractivity contribution is -0.113. The van der Waals surface area contributed by atoms with E-state index in [-0.39, 0.29) is 29.2 Å². The summed E-state index contributed by atoms with van der Waals surface area (Å²) in [5.41, 5.74) is 2.48. The molecule has 2 N–H and O–H groups in total. The Balaban J connectivity index is 1.33. The molecule has 2 amide bonds. The first kappa shape index (κ1) is 22.9. The van der Waals surface area contributed by atoms with Crippen LogP contribution in [-0.4, -0.2) is 33.2 Å². The third-order valence-corrected chi connectivity index (χ3v) is 6.64. The number of hydrogen-bond acceptors (Lipinski definition) is 5. The van der Waals surface area contributed by atoms with E-state index < -0.39 is 0 Å². The lowest BCUT2D eigenvalue weighted by Gasteiger charge is -2.13. The summed E-state index contributed by atoms with van der Waals surface area (Å²) in [5, 5.41) is 6.81. The van der Waals surface area contributed by atoms with Crippen LogP contribution < -0.4 is 16.2 Å². The van der Waals surface area contributed by atoms with Crippen LogP contribution in [0.1, 0.15) is 28.8 Å². The van der Waals surface area contributed by atoms with Crippen LogP contribution in [0.15, 0.2) is 88.8 Å². The van der Waals surface area contributed by atoms with Gasteiger partial charge in [-0.2, -0.15) is 0 Å². The number of amides is 2. The zero-order valence-electron chi connectivity index (χ0n) is 18.9. The number of aromatic nitrogens is 2. The zero-order chi connectivity index (χ0) is 24.2. The maximum absolute atomic E-state index is 13.2. The number of nitrogens with zero attached hydrogens (tertiary/aromatic N) is 2. The van der Waals surface area contributed by atoms with Crippen LogP contribution in [0.3, 0.4) is 0 Å². The monoisotopic (exact) mass is 484 g/mol. The van der Waals surface area contributed by atoms with E-state index in [4.69, 9.17) is 0 Å². The fourth-order valence-corrected chi connectivity index (χ4v) is 4.52. The van der Waals surface area contributed by atoms with Crippen LogP contribution in [0.4, 0.5) is 5.69 Å². The fourth-order valence-electron chi connectivity index (χ4n) is 3.73. The van der Waals surface area contributed by atoms with Gasteiger partial charge in [-0.1, -0.05) is 60.3 Å². The Morgan fingerprint density at radius 3 is 2.54 bits per heavy atom. The Hall–Kier alpha value is -3.91. The van der Waals surface area contributed by atoms with Gasteiger partial charge in [-0.25, -0.2) is 4.98 Å². The van der Waals surface area contributed by atoms with Crippen LogP contribution in [0.5, 0.6) is 0 Å². The molecular weight excluding hydrogens is 460 g/mol. The van der Waals surface area contributed by atoms with Gasteiger partial charge in [-0.15, -0.1) is 0 Å². The van der Waals surface area contributed by atoms with Crippen molar-refractivity contribution < 1.29 is 9.59 Å². The van der Waals surface area contributed by atoms with Crippen molar-refractivity contribution in [3.05, 3.63) is 100 Å².